The topological polar surface area (TPSA) is 26.3 Å². The number of hydrogen-bond acceptors (Lipinski definition) is 2. The standard InChI is InChI=1S/C18H20O2/c1-20-17(19)18-10-6-5-9-16(18)12-15(13-18)11-14-7-3-2-4-8-14/h2-8,11,16H,9-10,12-13H2,1H3/b15-11+/t16-,18+/m1/s1. The smallest absolute Gasteiger partial charge is 0.312 e. The Morgan fingerprint density at radius 3 is 2.85 bits per heavy atom. The first-order chi connectivity index (χ1) is 9.74. The SMILES string of the molecule is COC(=O)[C@]12CC=CC[C@@H]1C/C(=C\c1ccccc1)C2. The highest BCUT2D eigenvalue weighted by atomic mass is 16.5. The van der Waals surface area contributed by atoms with E-state index in [-0.39, 0.29) is 11.4 Å². The number of hydrogen-bond donors (Lipinski definition) is 0. The summed E-state index contributed by atoms with van der Waals surface area (Å²) in [6.45, 7) is 0. The van der Waals surface area contributed by atoms with Gasteiger partial charge in [-0.15, -0.1) is 0 Å². The van der Waals surface area contributed by atoms with E-state index in [9.17, 15) is 4.79 Å². The lowest BCUT2D eigenvalue weighted by molar-refractivity contribution is -0.155. The summed E-state index contributed by atoms with van der Waals surface area (Å²) in [4.78, 5) is 12.3. The van der Waals surface area contributed by atoms with Crippen LogP contribution in [0.3, 0.4) is 0 Å². The monoisotopic (exact) mass is 268 g/mol. The Labute approximate surface area is 120 Å². The van der Waals surface area contributed by atoms with E-state index in [0.29, 0.717) is 5.92 Å². The molecule has 3 rings (SSSR count). The summed E-state index contributed by atoms with van der Waals surface area (Å²) in [5.41, 5.74) is 2.27. The van der Waals surface area contributed by atoms with Crippen molar-refractivity contribution < 1.29 is 9.53 Å². The molecule has 0 heterocycles. The molecule has 2 aliphatic carbocycles. The van der Waals surface area contributed by atoms with Crippen LogP contribution in [-0.2, 0) is 9.53 Å². The van der Waals surface area contributed by atoms with Gasteiger partial charge in [0.15, 0.2) is 0 Å². The van der Waals surface area contributed by atoms with Crippen LogP contribution >= 0.6 is 0 Å². The van der Waals surface area contributed by atoms with Gasteiger partial charge in [0.1, 0.15) is 0 Å². The van der Waals surface area contributed by atoms with Crippen LogP contribution in [0.5, 0.6) is 0 Å². The average molecular weight is 268 g/mol. The Hall–Kier alpha value is -1.83. The van der Waals surface area contributed by atoms with Crippen LogP contribution in [0.1, 0.15) is 31.2 Å². The lowest BCUT2D eigenvalue weighted by atomic mass is 9.71. The van der Waals surface area contributed by atoms with E-state index in [1.807, 2.05) is 18.2 Å². The predicted molar refractivity (Wildman–Crippen MR) is 80.0 cm³/mol. The number of fused-ring (bicyclic) bond motifs is 1. The minimum absolute atomic E-state index is 0.0386. The second-order valence-corrected chi connectivity index (χ2v) is 5.85. The number of carbonyl (C=O) groups is 1. The quantitative estimate of drug-likeness (QED) is 0.599. The van der Waals surface area contributed by atoms with Gasteiger partial charge in [0.2, 0.25) is 0 Å². The first kappa shape index (κ1) is 13.2. The minimum Gasteiger partial charge on any atom is -0.469 e. The first-order valence-electron chi connectivity index (χ1n) is 7.22. The zero-order chi connectivity index (χ0) is 14.0. The van der Waals surface area contributed by atoms with Crippen molar-refractivity contribution in [2.75, 3.05) is 7.11 Å². The maximum atomic E-state index is 12.3. The molecule has 0 N–H and O–H groups in total. The number of methoxy groups -OCH3 is 1. The molecule has 2 aliphatic rings. The molecule has 1 saturated carbocycles. The largest absolute Gasteiger partial charge is 0.469 e. The fraction of sp³-hybridized carbons (Fsp3) is 0.389. The molecule has 0 amide bonds. The maximum absolute atomic E-state index is 12.3. The first-order valence-corrected chi connectivity index (χ1v) is 7.22. The highest BCUT2D eigenvalue weighted by Crippen LogP contribution is 2.53. The Balaban J connectivity index is 1.90. The predicted octanol–water partition coefficient (Wildman–Crippen LogP) is 3.99. The number of benzene rings is 1. The van der Waals surface area contributed by atoms with Gasteiger partial charge < -0.3 is 4.74 Å². The third-order valence-electron chi connectivity index (χ3n) is 4.66. The molecule has 0 aliphatic heterocycles. The minimum atomic E-state index is -0.315. The molecule has 0 saturated heterocycles. The van der Waals surface area contributed by atoms with E-state index < -0.39 is 0 Å². The Kier molecular flexibility index (Phi) is 3.47. The van der Waals surface area contributed by atoms with Gasteiger partial charge >= 0.3 is 5.97 Å². The molecule has 0 unspecified atom stereocenters. The number of ether oxygens (including phenoxy) is 1. The summed E-state index contributed by atoms with van der Waals surface area (Å²) in [6, 6.07) is 10.3. The number of allylic oxidation sites excluding steroid dienone is 3. The van der Waals surface area contributed by atoms with E-state index in [1.54, 1.807) is 0 Å². The van der Waals surface area contributed by atoms with Gasteiger partial charge in [0, 0.05) is 0 Å². The summed E-state index contributed by atoms with van der Waals surface area (Å²) in [5, 5.41) is 0. The molecule has 2 heteroatoms. The van der Waals surface area contributed by atoms with Crippen molar-refractivity contribution >= 4 is 12.0 Å². The number of carbonyl (C=O) groups excluding carboxylic acids is 1. The van der Waals surface area contributed by atoms with Crippen LogP contribution < -0.4 is 0 Å². The summed E-state index contributed by atoms with van der Waals surface area (Å²) in [7, 11) is 1.51. The lowest BCUT2D eigenvalue weighted by Gasteiger charge is -2.33. The molecule has 20 heavy (non-hydrogen) atoms. The molecular weight excluding hydrogens is 248 g/mol. The van der Waals surface area contributed by atoms with Crippen molar-refractivity contribution in [1.29, 1.82) is 0 Å². The van der Waals surface area contributed by atoms with Crippen molar-refractivity contribution in [1.82, 2.24) is 0 Å². The molecule has 2 nitrogen and oxygen atoms in total. The number of rotatable bonds is 2. The maximum Gasteiger partial charge on any atom is 0.312 e. The van der Waals surface area contributed by atoms with Crippen molar-refractivity contribution in [2.45, 2.75) is 25.7 Å². The van der Waals surface area contributed by atoms with Crippen LogP contribution in [0.15, 0.2) is 48.1 Å². The van der Waals surface area contributed by atoms with E-state index in [0.717, 1.165) is 25.7 Å². The Bertz CT molecular complexity index is 556. The number of esters is 1. The second kappa shape index (κ2) is 5.28. The van der Waals surface area contributed by atoms with Gasteiger partial charge in [-0.2, -0.15) is 0 Å². The third kappa shape index (κ3) is 2.20. The molecule has 2 atom stereocenters. The van der Waals surface area contributed by atoms with Gasteiger partial charge in [-0.3, -0.25) is 4.79 Å². The van der Waals surface area contributed by atoms with Gasteiger partial charge in [-0.1, -0.05) is 54.1 Å². The zero-order valence-electron chi connectivity index (χ0n) is 11.8. The lowest BCUT2D eigenvalue weighted by Crippen LogP contribution is -2.36. The third-order valence-corrected chi connectivity index (χ3v) is 4.66. The zero-order valence-corrected chi connectivity index (χ0v) is 11.8. The Morgan fingerprint density at radius 2 is 2.10 bits per heavy atom. The van der Waals surface area contributed by atoms with Crippen molar-refractivity contribution in [2.24, 2.45) is 11.3 Å². The molecular formula is C18H20O2. The van der Waals surface area contributed by atoms with Gasteiger partial charge in [0.05, 0.1) is 12.5 Å². The fourth-order valence-electron chi connectivity index (χ4n) is 3.66. The average Bonchev–Trinajstić information content (AvgIpc) is 2.86. The van der Waals surface area contributed by atoms with E-state index in [2.05, 4.69) is 30.4 Å². The van der Waals surface area contributed by atoms with Crippen LogP contribution in [-0.4, -0.2) is 13.1 Å². The van der Waals surface area contributed by atoms with Gasteiger partial charge in [-0.25, -0.2) is 0 Å². The van der Waals surface area contributed by atoms with Gasteiger partial charge in [-0.05, 0) is 37.2 Å². The van der Waals surface area contributed by atoms with Crippen LogP contribution in [0.4, 0.5) is 0 Å². The summed E-state index contributed by atoms with van der Waals surface area (Å²) in [5.74, 6) is 0.359. The highest BCUT2D eigenvalue weighted by molar-refractivity contribution is 5.79. The molecule has 1 aromatic rings. The fourth-order valence-corrected chi connectivity index (χ4v) is 3.66. The summed E-state index contributed by atoms with van der Waals surface area (Å²) >= 11 is 0. The molecule has 0 radical (unpaired) electrons. The van der Waals surface area contributed by atoms with E-state index in [1.165, 1.54) is 18.2 Å². The van der Waals surface area contributed by atoms with Crippen molar-refractivity contribution in [3.05, 3.63) is 53.6 Å². The van der Waals surface area contributed by atoms with E-state index >= 15 is 0 Å². The summed E-state index contributed by atoms with van der Waals surface area (Å²) < 4.78 is 5.09. The molecule has 104 valence electrons. The van der Waals surface area contributed by atoms with Crippen molar-refractivity contribution in [3.8, 4) is 0 Å². The van der Waals surface area contributed by atoms with Gasteiger partial charge in [0.25, 0.3) is 0 Å². The molecule has 0 spiro atoms. The molecule has 1 fully saturated rings. The summed E-state index contributed by atoms with van der Waals surface area (Å²) in [6.07, 6.45) is 10.2. The van der Waals surface area contributed by atoms with Crippen molar-refractivity contribution in [3.63, 3.8) is 0 Å². The second-order valence-electron chi connectivity index (χ2n) is 5.85. The van der Waals surface area contributed by atoms with E-state index in [4.69, 9.17) is 4.74 Å². The highest BCUT2D eigenvalue weighted by Gasteiger charge is 2.51. The van der Waals surface area contributed by atoms with Crippen LogP contribution in [0.25, 0.3) is 6.08 Å². The molecule has 1 aromatic carbocycles. The van der Waals surface area contributed by atoms with Crippen LogP contribution in [0.2, 0.25) is 0 Å². The Morgan fingerprint density at radius 1 is 1.30 bits per heavy atom. The molecule has 0 aromatic heterocycles. The molecule has 0 bridgehead atoms. The normalized spacial score (nSPS) is 30.2. The van der Waals surface area contributed by atoms with Crippen LogP contribution in [0, 0.1) is 11.3 Å².